The van der Waals surface area contributed by atoms with Crippen molar-refractivity contribution in [2.75, 3.05) is 18.1 Å². The van der Waals surface area contributed by atoms with Gasteiger partial charge in [-0.3, -0.25) is 4.79 Å². The third-order valence-electron chi connectivity index (χ3n) is 3.92. The summed E-state index contributed by atoms with van der Waals surface area (Å²) in [5.74, 6) is 0.476. The highest BCUT2D eigenvalue weighted by Gasteiger charge is 2.36. The Hall–Kier alpha value is -1.20. The number of nitrogen functional groups attached to an aromatic ring is 1. The molecule has 0 spiro atoms. The normalized spacial score (nSPS) is 25.5. The van der Waals surface area contributed by atoms with Crippen LogP contribution >= 0.6 is 11.8 Å². The van der Waals surface area contributed by atoms with Gasteiger partial charge in [-0.05, 0) is 56.9 Å². The van der Waals surface area contributed by atoms with Gasteiger partial charge in [-0.15, -0.1) is 11.8 Å². The molecule has 1 aliphatic carbocycles. The lowest BCUT2D eigenvalue weighted by Gasteiger charge is -2.34. The maximum Gasteiger partial charge on any atom is 0.308 e. The van der Waals surface area contributed by atoms with Crippen LogP contribution in [0.3, 0.4) is 0 Å². The van der Waals surface area contributed by atoms with Crippen LogP contribution in [0.15, 0.2) is 29.2 Å². The van der Waals surface area contributed by atoms with Crippen LogP contribution in [0.2, 0.25) is 0 Å². The summed E-state index contributed by atoms with van der Waals surface area (Å²) < 4.78 is 5.05. The second-order valence-corrected chi connectivity index (χ2v) is 6.66. The Morgan fingerprint density at radius 1 is 1.38 bits per heavy atom. The number of rotatable bonds is 5. The van der Waals surface area contributed by atoms with Gasteiger partial charge in [-0.25, -0.2) is 0 Å². The monoisotopic (exact) mass is 309 g/mol. The smallest absolute Gasteiger partial charge is 0.308 e. The van der Waals surface area contributed by atoms with Crippen LogP contribution in [0.5, 0.6) is 0 Å². The second-order valence-electron chi connectivity index (χ2n) is 5.61. The van der Waals surface area contributed by atoms with Gasteiger partial charge in [0.25, 0.3) is 0 Å². The molecule has 0 saturated heterocycles. The molecule has 0 heterocycles. The van der Waals surface area contributed by atoms with Gasteiger partial charge in [0.2, 0.25) is 0 Å². The summed E-state index contributed by atoms with van der Waals surface area (Å²) in [6.45, 7) is 2.24. The van der Waals surface area contributed by atoms with E-state index >= 15 is 0 Å². The number of benzene rings is 1. The van der Waals surface area contributed by atoms with Gasteiger partial charge in [0, 0.05) is 16.3 Å². The third-order valence-corrected chi connectivity index (χ3v) is 5.21. The van der Waals surface area contributed by atoms with Crippen LogP contribution in [0, 0.1) is 5.92 Å². The summed E-state index contributed by atoms with van der Waals surface area (Å²) in [5.41, 5.74) is 5.72. The molecule has 2 rings (SSSR count). The zero-order valence-electron chi connectivity index (χ0n) is 12.4. The highest BCUT2D eigenvalue weighted by atomic mass is 32.2. The number of esters is 1. The molecule has 4 nitrogen and oxygen atoms in total. The van der Waals surface area contributed by atoms with Gasteiger partial charge in [0.15, 0.2) is 0 Å². The standard InChI is InChI=1S/C16H23NO3S/c1-2-20-15(18)12-7-9-16(19,10-8-12)11-21-14-5-3-13(17)4-6-14/h3-6,12,19H,2,7-11,17H2,1H3. The fourth-order valence-electron chi connectivity index (χ4n) is 2.58. The molecule has 3 N–H and O–H groups in total. The number of carbonyl (C=O) groups excluding carboxylic acids is 1. The first-order valence-electron chi connectivity index (χ1n) is 7.40. The maximum absolute atomic E-state index is 11.7. The Morgan fingerprint density at radius 2 is 2.00 bits per heavy atom. The number of hydrogen-bond acceptors (Lipinski definition) is 5. The van der Waals surface area contributed by atoms with E-state index in [0.29, 0.717) is 38.0 Å². The van der Waals surface area contributed by atoms with Gasteiger partial charge < -0.3 is 15.6 Å². The van der Waals surface area contributed by atoms with Crippen LogP contribution in [0.25, 0.3) is 0 Å². The van der Waals surface area contributed by atoms with Gasteiger partial charge >= 0.3 is 5.97 Å². The molecule has 1 fully saturated rings. The molecule has 0 radical (unpaired) electrons. The topological polar surface area (TPSA) is 72.5 Å². The van der Waals surface area contributed by atoms with E-state index in [-0.39, 0.29) is 11.9 Å². The van der Waals surface area contributed by atoms with Crippen LogP contribution in [0.4, 0.5) is 5.69 Å². The van der Waals surface area contributed by atoms with Gasteiger partial charge in [0.1, 0.15) is 0 Å². The van der Waals surface area contributed by atoms with Crippen molar-refractivity contribution in [3.8, 4) is 0 Å². The van der Waals surface area contributed by atoms with Crippen LogP contribution in [-0.2, 0) is 9.53 Å². The molecule has 1 saturated carbocycles. The van der Waals surface area contributed by atoms with Crippen molar-refractivity contribution in [2.45, 2.75) is 43.1 Å². The van der Waals surface area contributed by atoms with Crippen molar-refractivity contribution in [2.24, 2.45) is 5.92 Å². The summed E-state index contributed by atoms with van der Waals surface area (Å²) in [5, 5.41) is 10.6. The average Bonchev–Trinajstić information content (AvgIpc) is 2.48. The number of nitrogens with two attached hydrogens (primary N) is 1. The number of hydrogen-bond donors (Lipinski definition) is 2. The first-order valence-corrected chi connectivity index (χ1v) is 8.38. The van der Waals surface area contributed by atoms with E-state index in [1.54, 1.807) is 11.8 Å². The van der Waals surface area contributed by atoms with Crippen molar-refractivity contribution in [3.63, 3.8) is 0 Å². The number of ether oxygens (including phenoxy) is 1. The Morgan fingerprint density at radius 3 is 2.57 bits per heavy atom. The molecule has 21 heavy (non-hydrogen) atoms. The Bertz CT molecular complexity index is 467. The fourth-order valence-corrected chi connectivity index (χ4v) is 3.63. The van der Waals surface area contributed by atoms with E-state index < -0.39 is 5.60 Å². The molecule has 5 heteroatoms. The first kappa shape index (κ1) is 16.2. The maximum atomic E-state index is 11.7. The Labute approximate surface area is 130 Å². The molecule has 0 bridgehead atoms. The van der Waals surface area contributed by atoms with E-state index in [0.717, 1.165) is 10.6 Å². The Kier molecular flexibility index (Phi) is 5.53. The van der Waals surface area contributed by atoms with E-state index in [2.05, 4.69) is 0 Å². The van der Waals surface area contributed by atoms with Crippen molar-refractivity contribution in [1.29, 1.82) is 0 Å². The van der Waals surface area contributed by atoms with Crippen molar-refractivity contribution >= 4 is 23.4 Å². The minimum atomic E-state index is -0.685. The largest absolute Gasteiger partial charge is 0.466 e. The minimum absolute atomic E-state index is 0.0493. The van der Waals surface area contributed by atoms with E-state index in [1.165, 1.54) is 0 Å². The average molecular weight is 309 g/mol. The van der Waals surface area contributed by atoms with Crippen LogP contribution < -0.4 is 5.73 Å². The van der Waals surface area contributed by atoms with Crippen molar-refractivity contribution in [3.05, 3.63) is 24.3 Å². The van der Waals surface area contributed by atoms with Crippen molar-refractivity contribution < 1.29 is 14.6 Å². The van der Waals surface area contributed by atoms with E-state index in [4.69, 9.17) is 10.5 Å². The predicted octanol–water partition coefficient (Wildman–Crippen LogP) is 2.85. The lowest BCUT2D eigenvalue weighted by Crippen LogP contribution is -2.38. The summed E-state index contributed by atoms with van der Waals surface area (Å²) in [6, 6.07) is 7.66. The highest BCUT2D eigenvalue weighted by Crippen LogP contribution is 2.36. The summed E-state index contributed by atoms with van der Waals surface area (Å²) in [6.07, 6.45) is 2.71. The molecule has 1 aromatic carbocycles. The Balaban J connectivity index is 1.82. The molecular formula is C16H23NO3S. The third kappa shape index (κ3) is 4.64. The molecule has 1 aliphatic rings. The summed E-state index contributed by atoms with van der Waals surface area (Å²) in [4.78, 5) is 12.8. The van der Waals surface area contributed by atoms with Gasteiger partial charge in [0.05, 0.1) is 18.1 Å². The number of thioether (sulfide) groups is 1. The molecule has 0 unspecified atom stereocenters. The zero-order valence-corrected chi connectivity index (χ0v) is 13.2. The SMILES string of the molecule is CCOC(=O)C1CCC(O)(CSc2ccc(N)cc2)CC1. The van der Waals surface area contributed by atoms with Crippen LogP contribution in [0.1, 0.15) is 32.6 Å². The molecular weight excluding hydrogens is 286 g/mol. The molecule has 0 aromatic heterocycles. The number of carbonyl (C=O) groups is 1. The number of anilines is 1. The second kappa shape index (κ2) is 7.18. The van der Waals surface area contributed by atoms with E-state index in [1.807, 2.05) is 31.2 Å². The first-order chi connectivity index (χ1) is 10.0. The minimum Gasteiger partial charge on any atom is -0.466 e. The highest BCUT2D eigenvalue weighted by molar-refractivity contribution is 7.99. The lowest BCUT2D eigenvalue weighted by atomic mass is 9.80. The summed E-state index contributed by atoms with van der Waals surface area (Å²) >= 11 is 1.63. The summed E-state index contributed by atoms with van der Waals surface area (Å²) in [7, 11) is 0. The number of aliphatic hydroxyl groups is 1. The van der Waals surface area contributed by atoms with E-state index in [9.17, 15) is 9.90 Å². The molecule has 0 aliphatic heterocycles. The van der Waals surface area contributed by atoms with Gasteiger partial charge in [-0.2, -0.15) is 0 Å². The van der Waals surface area contributed by atoms with Crippen molar-refractivity contribution in [1.82, 2.24) is 0 Å². The zero-order chi connectivity index (χ0) is 15.3. The van der Waals surface area contributed by atoms with Gasteiger partial charge in [-0.1, -0.05) is 0 Å². The lowest BCUT2D eigenvalue weighted by molar-refractivity contribution is -0.150. The predicted molar refractivity (Wildman–Crippen MR) is 85.1 cm³/mol. The van der Waals surface area contributed by atoms with Crippen LogP contribution in [-0.4, -0.2) is 29.0 Å². The molecule has 0 amide bonds. The molecule has 0 atom stereocenters. The fraction of sp³-hybridized carbons (Fsp3) is 0.562. The molecule has 116 valence electrons. The quantitative estimate of drug-likeness (QED) is 0.497. The molecule has 1 aromatic rings.